The van der Waals surface area contributed by atoms with Gasteiger partial charge in [-0.3, -0.25) is 18.7 Å². The van der Waals surface area contributed by atoms with Gasteiger partial charge in [-0.05, 0) is 31.2 Å². The van der Waals surface area contributed by atoms with E-state index in [0.717, 1.165) is 21.9 Å². The number of hydrogen-bond acceptors (Lipinski definition) is 7. The average molecular weight is 478 g/mol. The number of methoxy groups -OCH3 is 1. The normalized spacial score (nSPS) is 10.9. The molecule has 0 atom stereocenters. The van der Waals surface area contributed by atoms with Crippen LogP contribution < -0.4 is 21.3 Å². The number of nitrogens with one attached hydrogen (secondary N) is 1. The van der Waals surface area contributed by atoms with Gasteiger partial charge in [0.2, 0.25) is 5.91 Å². The Bertz CT molecular complexity index is 1510. The van der Waals surface area contributed by atoms with E-state index in [1.54, 1.807) is 19.2 Å². The fraction of sp³-hybridized carbons (Fsp3) is 0.208. The molecule has 0 aliphatic carbocycles. The van der Waals surface area contributed by atoms with Crippen molar-refractivity contribution in [1.82, 2.24) is 19.1 Å². The number of ether oxygens (including phenoxy) is 1. The molecule has 0 aliphatic rings. The zero-order valence-corrected chi connectivity index (χ0v) is 20.0. The standard InChI is InChI=1S/C24H23N5O4S/c1-14-9-11-15(12-10-14)25-18(30)13-34-22-19-21(28(2)24(32)29(3)23(19)31)26-20(27-22)16-7-5-6-8-17(16)33-4/h5-12H,13H2,1-4H3,(H,25,30). The number of nitrogens with zero attached hydrogens (tertiary/aromatic N) is 4. The van der Waals surface area contributed by atoms with Gasteiger partial charge < -0.3 is 10.1 Å². The third-order valence-corrected chi connectivity index (χ3v) is 6.27. The van der Waals surface area contributed by atoms with Crippen molar-refractivity contribution in [1.29, 1.82) is 0 Å². The molecule has 0 aliphatic heterocycles. The number of para-hydroxylation sites is 1. The molecule has 10 heteroatoms. The second-order valence-corrected chi connectivity index (χ2v) is 8.62. The number of benzene rings is 2. The summed E-state index contributed by atoms with van der Waals surface area (Å²) in [5.74, 6) is 0.594. The van der Waals surface area contributed by atoms with E-state index in [2.05, 4.69) is 15.3 Å². The minimum Gasteiger partial charge on any atom is -0.496 e. The van der Waals surface area contributed by atoms with Crippen molar-refractivity contribution in [2.45, 2.75) is 11.9 Å². The molecule has 34 heavy (non-hydrogen) atoms. The Labute approximate surface area is 199 Å². The molecule has 0 bridgehead atoms. The molecule has 0 unspecified atom stereocenters. The lowest BCUT2D eigenvalue weighted by Gasteiger charge is -2.13. The summed E-state index contributed by atoms with van der Waals surface area (Å²) in [5.41, 5.74) is 1.53. The third kappa shape index (κ3) is 4.44. The minimum absolute atomic E-state index is 0.0113. The predicted molar refractivity (Wildman–Crippen MR) is 133 cm³/mol. The van der Waals surface area contributed by atoms with Crippen LogP contribution in [0.5, 0.6) is 5.75 Å². The van der Waals surface area contributed by atoms with Gasteiger partial charge in [0.15, 0.2) is 11.5 Å². The van der Waals surface area contributed by atoms with Gasteiger partial charge in [-0.25, -0.2) is 14.8 Å². The van der Waals surface area contributed by atoms with Crippen LogP contribution in [0, 0.1) is 6.92 Å². The Hall–Kier alpha value is -3.92. The number of aromatic nitrogens is 4. The highest BCUT2D eigenvalue weighted by molar-refractivity contribution is 8.00. The van der Waals surface area contributed by atoms with Crippen molar-refractivity contribution in [3.8, 4) is 17.1 Å². The average Bonchev–Trinajstić information content (AvgIpc) is 2.85. The molecule has 2 aromatic carbocycles. The molecule has 0 spiro atoms. The first-order valence-corrected chi connectivity index (χ1v) is 11.4. The third-order valence-electron chi connectivity index (χ3n) is 5.29. The second-order valence-electron chi connectivity index (χ2n) is 7.66. The van der Waals surface area contributed by atoms with Crippen LogP contribution in [0.3, 0.4) is 0 Å². The van der Waals surface area contributed by atoms with Gasteiger partial charge in [0, 0.05) is 19.8 Å². The van der Waals surface area contributed by atoms with E-state index < -0.39 is 11.2 Å². The van der Waals surface area contributed by atoms with Crippen LogP contribution in [0.1, 0.15) is 5.56 Å². The quantitative estimate of drug-likeness (QED) is 0.336. The van der Waals surface area contributed by atoms with Gasteiger partial charge in [0.25, 0.3) is 5.56 Å². The SMILES string of the molecule is COc1ccccc1-c1nc(SCC(=O)Nc2ccc(C)cc2)c2c(=O)n(C)c(=O)n(C)c2n1. The topological polar surface area (TPSA) is 108 Å². The first-order chi connectivity index (χ1) is 16.3. The van der Waals surface area contributed by atoms with E-state index in [-0.39, 0.29) is 28.5 Å². The number of carbonyl (C=O) groups is 1. The zero-order valence-electron chi connectivity index (χ0n) is 19.2. The summed E-state index contributed by atoms with van der Waals surface area (Å²) in [6.45, 7) is 1.97. The molecule has 1 N–H and O–H groups in total. The first-order valence-electron chi connectivity index (χ1n) is 10.4. The Balaban J connectivity index is 1.79. The minimum atomic E-state index is -0.522. The van der Waals surface area contributed by atoms with Crippen molar-refractivity contribution in [2.24, 2.45) is 14.1 Å². The molecule has 174 valence electrons. The Kier molecular flexibility index (Phi) is 6.51. The fourth-order valence-electron chi connectivity index (χ4n) is 3.45. The lowest BCUT2D eigenvalue weighted by Crippen LogP contribution is -2.37. The lowest BCUT2D eigenvalue weighted by atomic mass is 10.2. The lowest BCUT2D eigenvalue weighted by molar-refractivity contribution is -0.113. The number of amides is 1. The zero-order chi connectivity index (χ0) is 24.4. The summed E-state index contributed by atoms with van der Waals surface area (Å²) in [7, 11) is 4.48. The molecule has 2 aromatic heterocycles. The molecule has 4 aromatic rings. The first kappa shape index (κ1) is 23.2. The number of thioether (sulfide) groups is 1. The van der Waals surface area contributed by atoms with Crippen molar-refractivity contribution >= 4 is 34.4 Å². The summed E-state index contributed by atoms with van der Waals surface area (Å²) in [5, 5.41) is 3.32. The summed E-state index contributed by atoms with van der Waals surface area (Å²) < 4.78 is 7.74. The van der Waals surface area contributed by atoms with E-state index >= 15 is 0 Å². The molecule has 0 radical (unpaired) electrons. The summed E-state index contributed by atoms with van der Waals surface area (Å²) in [6.07, 6.45) is 0. The van der Waals surface area contributed by atoms with Gasteiger partial charge >= 0.3 is 5.69 Å². The van der Waals surface area contributed by atoms with Crippen LogP contribution in [0.2, 0.25) is 0 Å². The fourth-order valence-corrected chi connectivity index (χ4v) is 4.27. The molecule has 9 nitrogen and oxygen atoms in total. The molecule has 0 saturated carbocycles. The number of rotatable bonds is 6. The van der Waals surface area contributed by atoms with E-state index in [0.29, 0.717) is 22.0 Å². The highest BCUT2D eigenvalue weighted by atomic mass is 32.2. The highest BCUT2D eigenvalue weighted by Crippen LogP contribution is 2.31. The maximum absolute atomic E-state index is 13.0. The van der Waals surface area contributed by atoms with Crippen molar-refractivity contribution in [3.05, 3.63) is 74.9 Å². The number of anilines is 1. The van der Waals surface area contributed by atoms with Crippen molar-refractivity contribution in [2.75, 3.05) is 18.2 Å². The molecular formula is C24H23N5O4S. The number of carbonyl (C=O) groups excluding carboxylic acids is 1. The van der Waals surface area contributed by atoms with Crippen LogP contribution in [0.25, 0.3) is 22.4 Å². The molecule has 4 rings (SSSR count). The summed E-state index contributed by atoms with van der Waals surface area (Å²) in [4.78, 5) is 47.3. The molecule has 0 fully saturated rings. The van der Waals surface area contributed by atoms with Gasteiger partial charge in [-0.1, -0.05) is 41.6 Å². The summed E-state index contributed by atoms with van der Waals surface area (Å²) in [6, 6.07) is 14.7. The van der Waals surface area contributed by atoms with Crippen molar-refractivity contribution in [3.63, 3.8) is 0 Å². The van der Waals surface area contributed by atoms with Gasteiger partial charge in [0.1, 0.15) is 16.2 Å². The monoisotopic (exact) mass is 477 g/mol. The number of aryl methyl sites for hydroxylation is 2. The Morgan fingerprint density at radius 1 is 1.03 bits per heavy atom. The maximum Gasteiger partial charge on any atom is 0.332 e. The summed E-state index contributed by atoms with van der Waals surface area (Å²) >= 11 is 1.11. The largest absolute Gasteiger partial charge is 0.496 e. The number of fused-ring (bicyclic) bond motifs is 1. The van der Waals surface area contributed by atoms with Gasteiger partial charge in [-0.2, -0.15) is 0 Å². The number of hydrogen-bond donors (Lipinski definition) is 1. The Morgan fingerprint density at radius 2 is 1.74 bits per heavy atom. The molecule has 1 amide bonds. The smallest absolute Gasteiger partial charge is 0.332 e. The second kappa shape index (κ2) is 9.52. The van der Waals surface area contributed by atoms with E-state index in [1.165, 1.54) is 18.7 Å². The van der Waals surface area contributed by atoms with E-state index in [9.17, 15) is 14.4 Å². The van der Waals surface area contributed by atoms with E-state index in [1.807, 2.05) is 43.3 Å². The molecule has 0 saturated heterocycles. The Morgan fingerprint density at radius 3 is 2.44 bits per heavy atom. The van der Waals surface area contributed by atoms with Crippen LogP contribution >= 0.6 is 11.8 Å². The molecular weight excluding hydrogens is 454 g/mol. The predicted octanol–water partition coefficient (Wildman–Crippen LogP) is 2.74. The highest BCUT2D eigenvalue weighted by Gasteiger charge is 2.20. The van der Waals surface area contributed by atoms with Crippen LogP contribution in [0.15, 0.2) is 63.1 Å². The van der Waals surface area contributed by atoms with Gasteiger partial charge in [-0.15, -0.1) is 0 Å². The van der Waals surface area contributed by atoms with Crippen molar-refractivity contribution < 1.29 is 9.53 Å². The maximum atomic E-state index is 13.0. The van der Waals surface area contributed by atoms with Crippen LogP contribution in [-0.2, 0) is 18.9 Å². The van der Waals surface area contributed by atoms with Crippen LogP contribution in [-0.4, -0.2) is 37.9 Å². The van der Waals surface area contributed by atoms with Crippen LogP contribution in [0.4, 0.5) is 5.69 Å². The van der Waals surface area contributed by atoms with Gasteiger partial charge in [0.05, 0.1) is 18.4 Å². The van der Waals surface area contributed by atoms with E-state index in [4.69, 9.17) is 4.74 Å². The molecule has 2 heterocycles.